The predicted molar refractivity (Wildman–Crippen MR) is 75.4 cm³/mol. The number of carbonyl (C=O) groups excluding carboxylic acids is 2. The Balaban J connectivity index is 0.00000324. The summed E-state index contributed by atoms with van der Waals surface area (Å²) in [7, 11) is 3.38. The third kappa shape index (κ3) is 4.33. The Bertz CT molecular complexity index is 323. The lowest BCUT2D eigenvalue weighted by atomic mass is 9.97. The highest BCUT2D eigenvalue weighted by molar-refractivity contribution is 5.92. The minimum absolute atomic E-state index is 0. The molecule has 7 heteroatoms. The molecule has 0 radical (unpaired) electrons. The van der Waals surface area contributed by atoms with E-state index in [1.165, 1.54) is 0 Å². The smallest absolute Gasteiger partial charge is 0.247 e. The van der Waals surface area contributed by atoms with Gasteiger partial charge in [-0.25, -0.2) is 0 Å². The Hall–Kier alpha value is -0.850. The van der Waals surface area contributed by atoms with Gasteiger partial charge in [-0.3, -0.25) is 9.59 Å². The number of nitrogens with zero attached hydrogens (tertiary/aromatic N) is 2. The van der Waals surface area contributed by atoms with Gasteiger partial charge in [-0.15, -0.1) is 12.4 Å². The number of likely N-dealkylation sites (N-methyl/N-ethyl adjacent to an activating group) is 1. The maximum atomic E-state index is 12.1. The molecule has 1 aliphatic heterocycles. The van der Waals surface area contributed by atoms with E-state index in [-0.39, 0.29) is 30.8 Å². The van der Waals surface area contributed by atoms with Gasteiger partial charge in [-0.1, -0.05) is 0 Å². The molecule has 2 amide bonds. The van der Waals surface area contributed by atoms with Crippen LogP contribution in [0.25, 0.3) is 0 Å². The number of piperazine rings is 1. The minimum atomic E-state index is -0.757. The number of methoxy groups -OCH3 is 1. The number of ether oxygens (including phenoxy) is 1. The first-order chi connectivity index (χ1) is 8.41. The summed E-state index contributed by atoms with van der Waals surface area (Å²) < 4.78 is 4.89. The fraction of sp³-hybridized carbons (Fsp3) is 0.833. The standard InChI is InChI=1S/C12H23N3O3.ClH/c1-12(2)11(17)14(3)6-7-15(12)10(16)9-13-5-8-18-4;/h13H,5-9H2,1-4H3;1H. The van der Waals surface area contributed by atoms with Crippen LogP contribution in [0.4, 0.5) is 0 Å². The van der Waals surface area contributed by atoms with E-state index in [9.17, 15) is 9.59 Å². The van der Waals surface area contributed by atoms with Crippen LogP contribution in [0.15, 0.2) is 0 Å². The number of rotatable bonds is 5. The van der Waals surface area contributed by atoms with E-state index in [0.717, 1.165) is 0 Å². The predicted octanol–water partition coefficient (Wildman–Crippen LogP) is -0.277. The Morgan fingerprint density at radius 1 is 1.42 bits per heavy atom. The Kier molecular flexibility index (Phi) is 7.33. The minimum Gasteiger partial charge on any atom is -0.383 e. The second-order valence-corrected chi connectivity index (χ2v) is 5.00. The van der Waals surface area contributed by atoms with Crippen molar-refractivity contribution in [3.8, 4) is 0 Å². The maximum absolute atomic E-state index is 12.1. The van der Waals surface area contributed by atoms with E-state index in [4.69, 9.17) is 4.74 Å². The van der Waals surface area contributed by atoms with Gasteiger partial charge in [0.15, 0.2) is 0 Å². The molecule has 112 valence electrons. The summed E-state index contributed by atoms with van der Waals surface area (Å²) in [6.45, 7) is 6.19. The van der Waals surface area contributed by atoms with Crippen LogP contribution in [0, 0.1) is 0 Å². The van der Waals surface area contributed by atoms with Crippen LogP contribution in [-0.2, 0) is 14.3 Å². The summed E-state index contributed by atoms with van der Waals surface area (Å²) in [6, 6.07) is 0. The molecule has 0 aromatic rings. The fourth-order valence-electron chi connectivity index (χ4n) is 2.12. The van der Waals surface area contributed by atoms with Crippen molar-refractivity contribution in [2.24, 2.45) is 0 Å². The molecule has 0 unspecified atom stereocenters. The highest BCUT2D eigenvalue weighted by Crippen LogP contribution is 2.21. The van der Waals surface area contributed by atoms with Crippen molar-refractivity contribution in [3.63, 3.8) is 0 Å². The molecule has 1 aliphatic rings. The average molecular weight is 294 g/mol. The van der Waals surface area contributed by atoms with Crippen molar-refractivity contribution in [1.29, 1.82) is 0 Å². The number of amides is 2. The fourth-order valence-corrected chi connectivity index (χ4v) is 2.12. The summed E-state index contributed by atoms with van der Waals surface area (Å²) in [4.78, 5) is 27.4. The molecule has 19 heavy (non-hydrogen) atoms. The molecule has 0 saturated carbocycles. The monoisotopic (exact) mass is 293 g/mol. The lowest BCUT2D eigenvalue weighted by Gasteiger charge is -2.44. The lowest BCUT2D eigenvalue weighted by molar-refractivity contribution is -0.156. The van der Waals surface area contributed by atoms with Crippen LogP contribution in [0.3, 0.4) is 0 Å². The number of hydrogen-bond donors (Lipinski definition) is 1. The van der Waals surface area contributed by atoms with Gasteiger partial charge in [0.05, 0.1) is 13.2 Å². The third-order valence-corrected chi connectivity index (χ3v) is 3.26. The van der Waals surface area contributed by atoms with E-state index in [2.05, 4.69) is 5.32 Å². The van der Waals surface area contributed by atoms with E-state index in [0.29, 0.717) is 26.2 Å². The molecular formula is C12H24ClN3O3. The molecule has 0 aliphatic carbocycles. The van der Waals surface area contributed by atoms with Gasteiger partial charge in [0.25, 0.3) is 0 Å². The first-order valence-corrected chi connectivity index (χ1v) is 6.17. The SMILES string of the molecule is COCCNCC(=O)N1CCN(C)C(=O)C1(C)C.Cl. The Morgan fingerprint density at radius 2 is 2.05 bits per heavy atom. The van der Waals surface area contributed by atoms with Gasteiger partial charge in [0, 0.05) is 33.8 Å². The van der Waals surface area contributed by atoms with Crippen LogP contribution < -0.4 is 5.32 Å². The zero-order chi connectivity index (χ0) is 13.8. The van der Waals surface area contributed by atoms with Crippen LogP contribution in [0.1, 0.15) is 13.8 Å². The second-order valence-electron chi connectivity index (χ2n) is 5.00. The number of nitrogens with one attached hydrogen (secondary N) is 1. The molecule has 1 N–H and O–H groups in total. The first kappa shape index (κ1) is 18.1. The summed E-state index contributed by atoms with van der Waals surface area (Å²) in [5.74, 6) is -0.0588. The Morgan fingerprint density at radius 3 is 2.63 bits per heavy atom. The van der Waals surface area contributed by atoms with E-state index in [1.807, 2.05) is 0 Å². The van der Waals surface area contributed by atoms with Gasteiger partial charge in [0.2, 0.25) is 11.8 Å². The molecule has 1 fully saturated rings. The molecule has 0 atom stereocenters. The molecular weight excluding hydrogens is 270 g/mol. The van der Waals surface area contributed by atoms with Crippen molar-refractivity contribution < 1.29 is 14.3 Å². The van der Waals surface area contributed by atoms with Gasteiger partial charge < -0.3 is 19.9 Å². The summed E-state index contributed by atoms with van der Waals surface area (Å²) in [5.41, 5.74) is -0.757. The van der Waals surface area contributed by atoms with Crippen LogP contribution in [-0.4, -0.2) is 74.1 Å². The number of hydrogen-bond acceptors (Lipinski definition) is 4. The van der Waals surface area contributed by atoms with Crippen molar-refractivity contribution in [3.05, 3.63) is 0 Å². The molecule has 0 aromatic heterocycles. The number of halogens is 1. The Labute approximate surface area is 120 Å². The van der Waals surface area contributed by atoms with Crippen LogP contribution in [0.5, 0.6) is 0 Å². The van der Waals surface area contributed by atoms with Gasteiger partial charge in [-0.2, -0.15) is 0 Å². The van der Waals surface area contributed by atoms with Crippen molar-refractivity contribution >= 4 is 24.2 Å². The third-order valence-electron chi connectivity index (χ3n) is 3.26. The maximum Gasteiger partial charge on any atom is 0.247 e. The van der Waals surface area contributed by atoms with E-state index < -0.39 is 5.54 Å². The van der Waals surface area contributed by atoms with Crippen molar-refractivity contribution in [1.82, 2.24) is 15.1 Å². The summed E-state index contributed by atoms with van der Waals surface area (Å²) in [6.07, 6.45) is 0. The van der Waals surface area contributed by atoms with Gasteiger partial charge in [0.1, 0.15) is 5.54 Å². The normalized spacial score (nSPS) is 18.2. The molecule has 0 spiro atoms. The molecule has 1 heterocycles. The number of carbonyl (C=O) groups is 2. The molecule has 1 rings (SSSR count). The zero-order valence-electron chi connectivity index (χ0n) is 12.1. The molecule has 0 bridgehead atoms. The van der Waals surface area contributed by atoms with E-state index in [1.54, 1.807) is 37.8 Å². The molecule has 1 saturated heterocycles. The largest absolute Gasteiger partial charge is 0.383 e. The van der Waals surface area contributed by atoms with E-state index >= 15 is 0 Å². The zero-order valence-corrected chi connectivity index (χ0v) is 12.9. The summed E-state index contributed by atoms with van der Waals surface area (Å²) in [5, 5.41) is 3.01. The summed E-state index contributed by atoms with van der Waals surface area (Å²) >= 11 is 0. The average Bonchev–Trinajstić information content (AvgIpc) is 2.31. The highest BCUT2D eigenvalue weighted by atomic mass is 35.5. The van der Waals surface area contributed by atoms with Crippen LogP contribution in [0.2, 0.25) is 0 Å². The van der Waals surface area contributed by atoms with Crippen molar-refractivity contribution in [2.45, 2.75) is 19.4 Å². The van der Waals surface area contributed by atoms with Crippen molar-refractivity contribution in [2.75, 3.05) is 46.9 Å². The van der Waals surface area contributed by atoms with Gasteiger partial charge >= 0.3 is 0 Å². The highest BCUT2D eigenvalue weighted by Gasteiger charge is 2.42. The lowest BCUT2D eigenvalue weighted by Crippen LogP contribution is -2.64. The first-order valence-electron chi connectivity index (χ1n) is 6.17. The molecule has 0 aromatic carbocycles. The second kappa shape index (κ2) is 7.67. The van der Waals surface area contributed by atoms with Crippen LogP contribution >= 0.6 is 12.4 Å². The van der Waals surface area contributed by atoms with Gasteiger partial charge in [-0.05, 0) is 13.8 Å². The quantitative estimate of drug-likeness (QED) is 0.709. The molecule has 6 nitrogen and oxygen atoms in total. The topological polar surface area (TPSA) is 61.9 Å².